The van der Waals surface area contributed by atoms with E-state index in [1.807, 2.05) is 6.07 Å². The number of benzene rings is 1. The van der Waals surface area contributed by atoms with Gasteiger partial charge < -0.3 is 20.5 Å². The first-order valence-corrected chi connectivity index (χ1v) is 7.19. The summed E-state index contributed by atoms with van der Waals surface area (Å²) < 4.78 is 11.1. The summed E-state index contributed by atoms with van der Waals surface area (Å²) in [5, 5.41) is 3.60. The van der Waals surface area contributed by atoms with Crippen LogP contribution in [0.15, 0.2) is 18.2 Å². The van der Waals surface area contributed by atoms with Crippen LogP contribution < -0.4 is 20.5 Å². The van der Waals surface area contributed by atoms with E-state index in [0.29, 0.717) is 25.3 Å². The molecule has 2 aliphatic rings. The fourth-order valence-electron chi connectivity index (χ4n) is 2.87. The molecule has 3 rings (SSSR count). The Labute approximate surface area is 114 Å². The summed E-state index contributed by atoms with van der Waals surface area (Å²) in [5.41, 5.74) is 7.25. The van der Waals surface area contributed by atoms with Crippen molar-refractivity contribution in [1.29, 1.82) is 0 Å². The van der Waals surface area contributed by atoms with Gasteiger partial charge in [-0.25, -0.2) is 0 Å². The van der Waals surface area contributed by atoms with Gasteiger partial charge in [-0.2, -0.15) is 0 Å². The van der Waals surface area contributed by atoms with Crippen LogP contribution in [0.1, 0.15) is 31.2 Å². The first-order valence-electron chi connectivity index (χ1n) is 7.19. The number of nitrogens with two attached hydrogens (primary N) is 1. The van der Waals surface area contributed by atoms with E-state index < -0.39 is 0 Å². The van der Waals surface area contributed by atoms with Crippen molar-refractivity contribution in [3.05, 3.63) is 23.8 Å². The van der Waals surface area contributed by atoms with Gasteiger partial charge >= 0.3 is 0 Å². The third kappa shape index (κ3) is 3.19. The van der Waals surface area contributed by atoms with Crippen LogP contribution in [-0.2, 0) is 6.54 Å². The molecule has 1 heterocycles. The Morgan fingerprint density at radius 2 is 2.00 bits per heavy atom. The minimum atomic E-state index is 0.367. The zero-order chi connectivity index (χ0) is 13.1. The van der Waals surface area contributed by atoms with Crippen LogP contribution in [0, 0.1) is 0 Å². The van der Waals surface area contributed by atoms with E-state index in [4.69, 9.17) is 15.2 Å². The standard InChI is InChI=1S/C15H22N2O2/c16-12-2-1-3-13(9-12)17-10-11-4-5-14-15(8-11)19-7-6-18-14/h4-5,8,12-13,17H,1-3,6-7,9-10,16H2. The lowest BCUT2D eigenvalue weighted by Gasteiger charge is -2.27. The summed E-state index contributed by atoms with van der Waals surface area (Å²) in [7, 11) is 0. The molecular weight excluding hydrogens is 240 g/mol. The van der Waals surface area contributed by atoms with E-state index in [2.05, 4.69) is 17.4 Å². The molecule has 1 aliphatic heterocycles. The predicted octanol–water partition coefficient (Wildman–Crippen LogP) is 1.82. The number of nitrogens with one attached hydrogen (secondary N) is 1. The number of rotatable bonds is 3. The minimum absolute atomic E-state index is 0.367. The molecule has 2 atom stereocenters. The Morgan fingerprint density at radius 1 is 1.16 bits per heavy atom. The quantitative estimate of drug-likeness (QED) is 0.872. The average Bonchev–Trinajstić information content (AvgIpc) is 2.45. The molecule has 0 bridgehead atoms. The highest BCUT2D eigenvalue weighted by molar-refractivity contribution is 5.43. The van der Waals surface area contributed by atoms with Gasteiger partial charge in [-0.15, -0.1) is 0 Å². The fraction of sp³-hybridized carbons (Fsp3) is 0.600. The molecule has 3 N–H and O–H groups in total. The van der Waals surface area contributed by atoms with E-state index in [1.165, 1.54) is 24.8 Å². The highest BCUT2D eigenvalue weighted by atomic mass is 16.6. The van der Waals surface area contributed by atoms with Crippen molar-refractivity contribution in [2.45, 2.75) is 44.3 Å². The molecule has 4 nitrogen and oxygen atoms in total. The van der Waals surface area contributed by atoms with Crippen LogP contribution in [0.4, 0.5) is 0 Å². The van der Waals surface area contributed by atoms with Crippen molar-refractivity contribution in [3.63, 3.8) is 0 Å². The molecule has 2 unspecified atom stereocenters. The van der Waals surface area contributed by atoms with Crippen molar-refractivity contribution in [2.24, 2.45) is 5.73 Å². The second kappa shape index (κ2) is 5.80. The lowest BCUT2D eigenvalue weighted by atomic mass is 9.91. The first kappa shape index (κ1) is 12.8. The number of ether oxygens (including phenoxy) is 2. The predicted molar refractivity (Wildman–Crippen MR) is 74.5 cm³/mol. The maximum Gasteiger partial charge on any atom is 0.161 e. The number of hydrogen-bond donors (Lipinski definition) is 2. The first-order chi connectivity index (χ1) is 9.31. The van der Waals surface area contributed by atoms with Crippen LogP contribution in [-0.4, -0.2) is 25.3 Å². The van der Waals surface area contributed by atoms with Crippen molar-refractivity contribution >= 4 is 0 Å². The lowest BCUT2D eigenvalue weighted by molar-refractivity contribution is 0.171. The minimum Gasteiger partial charge on any atom is -0.486 e. The Hall–Kier alpha value is -1.26. The van der Waals surface area contributed by atoms with Crippen LogP contribution in [0.25, 0.3) is 0 Å². The van der Waals surface area contributed by atoms with Crippen molar-refractivity contribution in [2.75, 3.05) is 13.2 Å². The largest absolute Gasteiger partial charge is 0.486 e. The molecule has 0 aromatic heterocycles. The Bertz CT molecular complexity index is 436. The number of hydrogen-bond acceptors (Lipinski definition) is 4. The summed E-state index contributed by atoms with van der Waals surface area (Å²) in [6, 6.07) is 7.09. The van der Waals surface area contributed by atoms with Gasteiger partial charge in [0.2, 0.25) is 0 Å². The van der Waals surface area contributed by atoms with Crippen LogP contribution >= 0.6 is 0 Å². The molecule has 1 saturated carbocycles. The highest BCUT2D eigenvalue weighted by Crippen LogP contribution is 2.30. The van der Waals surface area contributed by atoms with Crippen molar-refractivity contribution in [3.8, 4) is 11.5 Å². The van der Waals surface area contributed by atoms with Crippen molar-refractivity contribution < 1.29 is 9.47 Å². The SMILES string of the molecule is NC1CCCC(NCc2ccc3c(c2)OCCO3)C1. The molecule has 1 fully saturated rings. The van der Waals surface area contributed by atoms with Gasteiger partial charge in [-0.3, -0.25) is 0 Å². The van der Waals surface area contributed by atoms with Crippen molar-refractivity contribution in [1.82, 2.24) is 5.32 Å². The molecule has 1 aromatic carbocycles. The normalized spacial score (nSPS) is 26.2. The molecular formula is C15H22N2O2. The molecule has 1 aromatic rings. The fourth-order valence-corrected chi connectivity index (χ4v) is 2.87. The summed E-state index contributed by atoms with van der Waals surface area (Å²) in [5.74, 6) is 1.72. The zero-order valence-corrected chi connectivity index (χ0v) is 11.2. The second-order valence-electron chi connectivity index (χ2n) is 5.48. The van der Waals surface area contributed by atoms with Gasteiger partial charge in [0.05, 0.1) is 0 Å². The van der Waals surface area contributed by atoms with Gasteiger partial charge in [0.1, 0.15) is 13.2 Å². The molecule has 104 valence electrons. The molecule has 0 spiro atoms. The summed E-state index contributed by atoms with van der Waals surface area (Å²) in [6.45, 7) is 2.15. The lowest BCUT2D eigenvalue weighted by Crippen LogP contribution is -2.39. The smallest absolute Gasteiger partial charge is 0.161 e. The van der Waals surface area contributed by atoms with E-state index in [9.17, 15) is 0 Å². The average molecular weight is 262 g/mol. The topological polar surface area (TPSA) is 56.5 Å². The van der Waals surface area contributed by atoms with Gasteiger partial charge in [0, 0.05) is 18.6 Å². The molecule has 0 amide bonds. The molecule has 0 saturated heterocycles. The van der Waals surface area contributed by atoms with E-state index >= 15 is 0 Å². The third-order valence-corrected chi connectivity index (χ3v) is 3.92. The van der Waals surface area contributed by atoms with Crippen LogP contribution in [0.5, 0.6) is 11.5 Å². The summed E-state index contributed by atoms with van der Waals surface area (Å²) in [4.78, 5) is 0. The van der Waals surface area contributed by atoms with E-state index in [-0.39, 0.29) is 0 Å². The van der Waals surface area contributed by atoms with Crippen LogP contribution in [0.3, 0.4) is 0 Å². The Morgan fingerprint density at radius 3 is 2.84 bits per heavy atom. The second-order valence-corrected chi connectivity index (χ2v) is 5.48. The highest BCUT2D eigenvalue weighted by Gasteiger charge is 2.19. The Balaban J connectivity index is 1.57. The van der Waals surface area contributed by atoms with Gasteiger partial charge in [0.15, 0.2) is 11.5 Å². The van der Waals surface area contributed by atoms with E-state index in [1.54, 1.807) is 0 Å². The Kier molecular flexibility index (Phi) is 3.89. The maximum absolute atomic E-state index is 6.01. The third-order valence-electron chi connectivity index (χ3n) is 3.92. The van der Waals surface area contributed by atoms with E-state index in [0.717, 1.165) is 24.5 Å². The van der Waals surface area contributed by atoms with Gasteiger partial charge in [-0.1, -0.05) is 12.5 Å². The maximum atomic E-state index is 6.01. The molecule has 19 heavy (non-hydrogen) atoms. The number of fused-ring (bicyclic) bond motifs is 1. The molecule has 4 heteroatoms. The monoisotopic (exact) mass is 262 g/mol. The van der Waals surface area contributed by atoms with Gasteiger partial charge in [-0.05, 0) is 37.0 Å². The van der Waals surface area contributed by atoms with Gasteiger partial charge in [0.25, 0.3) is 0 Å². The summed E-state index contributed by atoms with van der Waals surface area (Å²) >= 11 is 0. The van der Waals surface area contributed by atoms with Crippen LogP contribution in [0.2, 0.25) is 0 Å². The molecule has 0 radical (unpaired) electrons. The summed E-state index contributed by atoms with van der Waals surface area (Å²) in [6.07, 6.45) is 4.73. The zero-order valence-electron chi connectivity index (χ0n) is 11.2. The molecule has 1 aliphatic carbocycles.